The number of hydrogen-bond donors (Lipinski definition) is 0. The van der Waals surface area contributed by atoms with Crippen molar-refractivity contribution in [2.45, 2.75) is 12.8 Å². The van der Waals surface area contributed by atoms with Crippen molar-refractivity contribution in [1.82, 2.24) is 0 Å². The molecule has 0 bridgehead atoms. The minimum atomic E-state index is 0.951. The van der Waals surface area contributed by atoms with E-state index in [4.69, 9.17) is 4.42 Å². The highest BCUT2D eigenvalue weighted by Crippen LogP contribution is 2.49. The van der Waals surface area contributed by atoms with Crippen molar-refractivity contribution in [1.29, 1.82) is 0 Å². The van der Waals surface area contributed by atoms with E-state index in [2.05, 4.69) is 194 Å². The van der Waals surface area contributed by atoms with Crippen molar-refractivity contribution in [3.8, 4) is 33.4 Å². The van der Waals surface area contributed by atoms with E-state index in [0.717, 1.165) is 23.8 Å². The molecule has 0 radical (unpaired) electrons. The highest BCUT2D eigenvalue weighted by Gasteiger charge is 2.24. The van der Waals surface area contributed by atoms with Crippen LogP contribution >= 0.6 is 11.3 Å². The van der Waals surface area contributed by atoms with Crippen LogP contribution in [0.15, 0.2) is 192 Å². The van der Waals surface area contributed by atoms with Gasteiger partial charge in [-0.1, -0.05) is 164 Å². The molecule has 280 valence electrons. The molecule has 13 rings (SSSR count). The Hall–Kier alpha value is -7.26. The quantitative estimate of drug-likeness (QED) is 0.162. The Labute approximate surface area is 350 Å². The van der Waals surface area contributed by atoms with E-state index < -0.39 is 0 Å². The summed E-state index contributed by atoms with van der Waals surface area (Å²) in [6, 6.07) is 69.6. The topological polar surface area (TPSA) is 13.1 Å². The summed E-state index contributed by atoms with van der Waals surface area (Å²) in [5, 5.41) is 15.3. The fourth-order valence-electron chi connectivity index (χ4n) is 10.5. The molecule has 0 fully saturated rings. The molecule has 10 aromatic carbocycles. The minimum Gasteiger partial charge on any atom is -0.456 e. The molecule has 0 saturated carbocycles. The zero-order valence-corrected chi connectivity index (χ0v) is 33.5. The third-order valence-corrected chi connectivity index (χ3v) is 14.1. The van der Waals surface area contributed by atoms with Gasteiger partial charge in [0, 0.05) is 30.8 Å². The van der Waals surface area contributed by atoms with E-state index in [0.29, 0.717) is 0 Å². The van der Waals surface area contributed by atoms with Gasteiger partial charge < -0.3 is 4.42 Å². The van der Waals surface area contributed by atoms with Crippen LogP contribution in [0.4, 0.5) is 0 Å². The normalized spacial score (nSPS) is 13.0. The van der Waals surface area contributed by atoms with Crippen molar-refractivity contribution in [2.75, 3.05) is 0 Å². The van der Waals surface area contributed by atoms with Crippen LogP contribution in [0.5, 0.6) is 0 Å². The largest absolute Gasteiger partial charge is 0.456 e. The van der Waals surface area contributed by atoms with E-state index in [1.807, 2.05) is 11.3 Å². The first-order chi connectivity index (χ1) is 29.8. The summed E-state index contributed by atoms with van der Waals surface area (Å²) in [5.74, 6) is 0. The molecular weight excluding hydrogens is 745 g/mol. The third kappa shape index (κ3) is 4.86. The fraction of sp³-hybridized carbons (Fsp3) is 0.0345. The second-order valence-electron chi connectivity index (χ2n) is 16.1. The Balaban J connectivity index is 1.11. The van der Waals surface area contributed by atoms with Crippen LogP contribution in [0, 0.1) is 0 Å². The molecule has 0 atom stereocenters. The molecule has 2 heteroatoms. The predicted molar refractivity (Wildman–Crippen MR) is 257 cm³/mol. The van der Waals surface area contributed by atoms with Crippen LogP contribution in [-0.2, 0) is 0 Å². The summed E-state index contributed by atoms with van der Waals surface area (Å²) in [6.07, 6.45) is 4.19. The molecule has 0 N–H and O–H groups in total. The number of fused-ring (bicyclic) bond motifs is 10. The van der Waals surface area contributed by atoms with Gasteiger partial charge in [0.1, 0.15) is 11.0 Å². The van der Waals surface area contributed by atoms with E-state index in [9.17, 15) is 0 Å². The molecule has 1 aliphatic rings. The molecule has 1 aliphatic carbocycles. The Morgan fingerprint density at radius 1 is 0.383 bits per heavy atom. The highest BCUT2D eigenvalue weighted by atomic mass is 32.1. The molecule has 0 aliphatic heterocycles. The van der Waals surface area contributed by atoms with E-state index in [1.165, 1.54) is 118 Å². The van der Waals surface area contributed by atoms with Crippen LogP contribution in [0.3, 0.4) is 0 Å². The van der Waals surface area contributed by atoms with E-state index >= 15 is 0 Å². The molecule has 0 amide bonds. The van der Waals surface area contributed by atoms with Gasteiger partial charge in [-0.25, -0.2) is 0 Å². The summed E-state index contributed by atoms with van der Waals surface area (Å²) in [7, 11) is 0. The number of hydrogen-bond acceptors (Lipinski definition) is 2. The van der Waals surface area contributed by atoms with Gasteiger partial charge in [-0.15, -0.1) is 11.3 Å². The van der Waals surface area contributed by atoms with Crippen molar-refractivity contribution >= 4 is 97.2 Å². The SMILES string of the molecule is C1=c2oc3ccccc3c2=C(c2c3ccccc3c(-c3cccc4sc5ccc(-c6c7ccccc7c(-c7ccccc7)c7ccccc67)cc5c34)c3ccccc23)CC1. The number of rotatable bonds is 4. The zero-order valence-electron chi connectivity index (χ0n) is 32.7. The maximum Gasteiger partial charge on any atom is 0.135 e. The maximum absolute atomic E-state index is 6.48. The van der Waals surface area contributed by atoms with Crippen LogP contribution < -0.4 is 10.6 Å². The lowest BCUT2D eigenvalue weighted by Gasteiger charge is -2.20. The average molecular weight is 781 g/mol. The number of benzene rings is 10. The summed E-state index contributed by atoms with van der Waals surface area (Å²) < 4.78 is 9.08. The van der Waals surface area contributed by atoms with Gasteiger partial charge in [0.05, 0.1) is 0 Å². The molecule has 0 spiro atoms. The Morgan fingerprint density at radius 3 is 1.55 bits per heavy atom. The smallest absolute Gasteiger partial charge is 0.135 e. The monoisotopic (exact) mass is 780 g/mol. The molecule has 2 aromatic heterocycles. The molecule has 0 saturated heterocycles. The Morgan fingerprint density at radius 2 is 0.917 bits per heavy atom. The molecular formula is C58H36OS. The second kappa shape index (κ2) is 13.1. The molecule has 1 nitrogen and oxygen atoms in total. The lowest BCUT2D eigenvalue weighted by molar-refractivity contribution is 0.571. The van der Waals surface area contributed by atoms with Crippen LogP contribution in [-0.4, -0.2) is 0 Å². The van der Waals surface area contributed by atoms with Crippen LogP contribution in [0.25, 0.3) is 119 Å². The average Bonchev–Trinajstić information content (AvgIpc) is 3.89. The maximum atomic E-state index is 6.48. The van der Waals surface area contributed by atoms with Gasteiger partial charge in [-0.2, -0.15) is 0 Å². The van der Waals surface area contributed by atoms with Gasteiger partial charge in [0.15, 0.2) is 0 Å². The first kappa shape index (κ1) is 33.7. The third-order valence-electron chi connectivity index (χ3n) is 12.9. The highest BCUT2D eigenvalue weighted by molar-refractivity contribution is 7.26. The van der Waals surface area contributed by atoms with Gasteiger partial charge >= 0.3 is 0 Å². The summed E-state index contributed by atoms with van der Waals surface area (Å²) in [4.78, 5) is 0. The Bertz CT molecular complexity index is 3770. The second-order valence-corrected chi connectivity index (χ2v) is 17.2. The molecule has 60 heavy (non-hydrogen) atoms. The standard InChI is InChI=1S/C58H36OS/c1-2-16-35(17-3-1)53-37-18-4-6-20-39(37)54(40-21-7-5-19-38(40)53)36-32-33-51-48(34-36)58-47(28-15-31-52(58)60-51)56-43-24-10-8-22-41(43)55(42-23-9-11-25-44(42)56)46-27-14-30-50-57(46)45-26-12-13-29-49(45)59-50/h1-13,15-26,28-34H,14,27H2. The van der Waals surface area contributed by atoms with E-state index in [1.54, 1.807) is 0 Å². The first-order valence-corrected chi connectivity index (χ1v) is 21.7. The van der Waals surface area contributed by atoms with Gasteiger partial charge in [0.25, 0.3) is 0 Å². The summed E-state index contributed by atoms with van der Waals surface area (Å²) >= 11 is 1.89. The number of para-hydroxylation sites is 1. The van der Waals surface area contributed by atoms with Crippen molar-refractivity contribution in [3.05, 3.63) is 204 Å². The predicted octanol–water partition coefficient (Wildman–Crippen LogP) is 15.2. The first-order valence-electron chi connectivity index (χ1n) is 20.9. The van der Waals surface area contributed by atoms with Gasteiger partial charge in [0.2, 0.25) is 0 Å². The zero-order chi connectivity index (χ0) is 39.3. The number of furan rings is 1. The number of thiophene rings is 1. The lowest BCUT2D eigenvalue weighted by atomic mass is 9.82. The van der Waals surface area contributed by atoms with E-state index in [-0.39, 0.29) is 0 Å². The van der Waals surface area contributed by atoms with Gasteiger partial charge in [-0.05, 0) is 131 Å². The minimum absolute atomic E-state index is 0.951. The lowest BCUT2D eigenvalue weighted by Crippen LogP contribution is -2.26. The van der Waals surface area contributed by atoms with Gasteiger partial charge in [-0.3, -0.25) is 0 Å². The van der Waals surface area contributed by atoms with Crippen LogP contribution in [0.2, 0.25) is 0 Å². The Kier molecular flexibility index (Phi) is 7.37. The van der Waals surface area contributed by atoms with Crippen molar-refractivity contribution in [3.63, 3.8) is 0 Å². The molecule has 12 aromatic rings. The summed E-state index contributed by atoms with van der Waals surface area (Å²) in [6.45, 7) is 0. The van der Waals surface area contributed by atoms with Crippen molar-refractivity contribution < 1.29 is 4.42 Å². The molecule has 2 heterocycles. The summed E-state index contributed by atoms with van der Waals surface area (Å²) in [5.41, 5.74) is 12.3. The fourth-order valence-corrected chi connectivity index (χ4v) is 11.6. The van der Waals surface area contributed by atoms with Crippen LogP contribution in [0.1, 0.15) is 18.4 Å². The van der Waals surface area contributed by atoms with Crippen molar-refractivity contribution in [2.24, 2.45) is 0 Å². The molecule has 0 unspecified atom stereocenters.